The number of hydrogen-bond acceptors (Lipinski definition) is 5. The third-order valence-electron chi connectivity index (χ3n) is 4.29. The lowest BCUT2D eigenvalue weighted by atomic mass is 10.1. The van der Waals surface area contributed by atoms with Gasteiger partial charge < -0.3 is 15.4 Å². The van der Waals surface area contributed by atoms with E-state index in [9.17, 15) is 13.2 Å². The second-order valence-corrected chi connectivity index (χ2v) is 9.01. The van der Waals surface area contributed by atoms with Crippen molar-refractivity contribution in [3.05, 3.63) is 46.5 Å². The number of ether oxygens (including phenoxy) is 1. The van der Waals surface area contributed by atoms with Crippen molar-refractivity contribution in [1.82, 2.24) is 4.31 Å². The highest BCUT2D eigenvalue weighted by atomic mass is 35.5. The summed E-state index contributed by atoms with van der Waals surface area (Å²) < 4.78 is 31.0. The molecule has 0 aliphatic rings. The molecule has 0 saturated carbocycles. The second-order valence-electron chi connectivity index (χ2n) is 6.45. The first-order chi connectivity index (χ1) is 13.1. The highest BCUT2D eigenvalue weighted by Gasteiger charge is 2.19. The van der Waals surface area contributed by atoms with E-state index in [2.05, 4.69) is 10.6 Å². The SMILES string of the molecule is COc1ccc(NC(=O)CNc2cc(S(=O)(=O)N(C)C)cc(C)c2C)cc1Cl. The largest absolute Gasteiger partial charge is 0.495 e. The van der Waals surface area contributed by atoms with Crippen LogP contribution in [0, 0.1) is 13.8 Å². The Morgan fingerprint density at radius 1 is 1.18 bits per heavy atom. The minimum atomic E-state index is -3.57. The van der Waals surface area contributed by atoms with Crippen LogP contribution in [0.15, 0.2) is 35.2 Å². The number of carbonyl (C=O) groups is 1. The van der Waals surface area contributed by atoms with Crippen molar-refractivity contribution in [3.8, 4) is 5.75 Å². The highest BCUT2D eigenvalue weighted by molar-refractivity contribution is 7.89. The molecule has 0 fully saturated rings. The van der Waals surface area contributed by atoms with Crippen LogP contribution < -0.4 is 15.4 Å². The summed E-state index contributed by atoms with van der Waals surface area (Å²) >= 11 is 6.06. The van der Waals surface area contributed by atoms with Crippen LogP contribution in [0.4, 0.5) is 11.4 Å². The van der Waals surface area contributed by atoms with Gasteiger partial charge in [0, 0.05) is 25.5 Å². The number of benzene rings is 2. The lowest BCUT2D eigenvalue weighted by Crippen LogP contribution is -2.24. The standard InChI is InChI=1S/C19H24ClN3O4S/c1-12-8-15(28(25,26)23(3)4)10-17(13(12)2)21-11-19(24)22-14-6-7-18(27-5)16(20)9-14/h6-10,21H,11H2,1-5H3,(H,22,24). The number of aryl methyl sites for hydroxylation is 1. The average molecular weight is 426 g/mol. The number of methoxy groups -OCH3 is 1. The van der Waals surface area contributed by atoms with Gasteiger partial charge >= 0.3 is 0 Å². The van der Waals surface area contributed by atoms with E-state index in [1.54, 1.807) is 24.3 Å². The zero-order valence-electron chi connectivity index (χ0n) is 16.5. The van der Waals surface area contributed by atoms with Gasteiger partial charge in [-0.05, 0) is 55.3 Å². The van der Waals surface area contributed by atoms with Gasteiger partial charge in [-0.2, -0.15) is 0 Å². The van der Waals surface area contributed by atoms with E-state index in [1.807, 2.05) is 13.8 Å². The predicted molar refractivity (Wildman–Crippen MR) is 112 cm³/mol. The van der Waals surface area contributed by atoms with Gasteiger partial charge in [-0.15, -0.1) is 0 Å². The monoisotopic (exact) mass is 425 g/mol. The van der Waals surface area contributed by atoms with Gasteiger partial charge in [0.05, 0.1) is 23.6 Å². The number of amides is 1. The maximum absolute atomic E-state index is 12.4. The summed E-state index contributed by atoms with van der Waals surface area (Å²) in [4.78, 5) is 12.4. The summed E-state index contributed by atoms with van der Waals surface area (Å²) in [5, 5.41) is 6.13. The molecule has 9 heteroatoms. The molecule has 2 aromatic carbocycles. The third-order valence-corrected chi connectivity index (χ3v) is 6.38. The van der Waals surface area contributed by atoms with Crippen LogP contribution in [0.2, 0.25) is 5.02 Å². The summed E-state index contributed by atoms with van der Waals surface area (Å²) in [7, 11) is 0.896. The Balaban J connectivity index is 2.14. The van der Waals surface area contributed by atoms with Crippen molar-refractivity contribution < 1.29 is 17.9 Å². The van der Waals surface area contributed by atoms with Gasteiger partial charge in [0.25, 0.3) is 0 Å². The van der Waals surface area contributed by atoms with Gasteiger partial charge in [-0.3, -0.25) is 4.79 Å². The van der Waals surface area contributed by atoms with E-state index < -0.39 is 10.0 Å². The van der Waals surface area contributed by atoms with Crippen molar-refractivity contribution in [3.63, 3.8) is 0 Å². The first-order valence-electron chi connectivity index (χ1n) is 8.47. The van der Waals surface area contributed by atoms with Crippen molar-refractivity contribution >= 4 is 38.9 Å². The molecule has 0 bridgehead atoms. The highest BCUT2D eigenvalue weighted by Crippen LogP contribution is 2.27. The van der Waals surface area contributed by atoms with E-state index in [-0.39, 0.29) is 17.3 Å². The molecular formula is C19H24ClN3O4S. The molecule has 0 heterocycles. The molecule has 2 rings (SSSR count). The first-order valence-corrected chi connectivity index (χ1v) is 10.3. The molecule has 152 valence electrons. The fourth-order valence-corrected chi connectivity index (χ4v) is 3.77. The summed E-state index contributed by atoms with van der Waals surface area (Å²) in [6.07, 6.45) is 0. The molecule has 0 aromatic heterocycles. The second kappa shape index (κ2) is 8.81. The van der Waals surface area contributed by atoms with Gasteiger partial charge in [0.15, 0.2) is 0 Å². The average Bonchev–Trinajstić information content (AvgIpc) is 2.62. The Morgan fingerprint density at radius 2 is 1.86 bits per heavy atom. The van der Waals surface area contributed by atoms with E-state index in [4.69, 9.17) is 16.3 Å². The van der Waals surface area contributed by atoms with E-state index >= 15 is 0 Å². The number of sulfonamides is 1. The topological polar surface area (TPSA) is 87.7 Å². The molecule has 0 aliphatic carbocycles. The molecule has 0 unspecified atom stereocenters. The number of hydrogen-bond donors (Lipinski definition) is 2. The van der Waals surface area contributed by atoms with Gasteiger partial charge in [-0.1, -0.05) is 11.6 Å². The normalized spacial score (nSPS) is 11.4. The van der Waals surface area contributed by atoms with Gasteiger partial charge in [0.2, 0.25) is 15.9 Å². The van der Waals surface area contributed by atoms with Crippen molar-refractivity contribution in [2.24, 2.45) is 0 Å². The van der Waals surface area contributed by atoms with Gasteiger partial charge in [-0.25, -0.2) is 12.7 Å². The van der Waals surface area contributed by atoms with E-state index in [0.29, 0.717) is 22.1 Å². The lowest BCUT2D eigenvalue weighted by molar-refractivity contribution is -0.114. The first kappa shape index (κ1) is 22.0. The van der Waals surface area contributed by atoms with E-state index in [1.165, 1.54) is 27.3 Å². The Bertz CT molecular complexity index is 991. The summed E-state index contributed by atoms with van der Waals surface area (Å²) in [6.45, 7) is 3.66. The molecule has 28 heavy (non-hydrogen) atoms. The molecule has 0 atom stereocenters. The summed E-state index contributed by atoms with van der Waals surface area (Å²) in [6, 6.07) is 8.10. The molecule has 2 N–H and O–H groups in total. The maximum Gasteiger partial charge on any atom is 0.243 e. The number of nitrogens with zero attached hydrogens (tertiary/aromatic N) is 1. The van der Waals surface area contributed by atoms with Crippen LogP contribution in [-0.4, -0.2) is 46.4 Å². The van der Waals surface area contributed by atoms with Crippen LogP contribution in [0.3, 0.4) is 0 Å². The quantitative estimate of drug-likeness (QED) is 0.710. The van der Waals surface area contributed by atoms with E-state index in [0.717, 1.165) is 15.4 Å². The fraction of sp³-hybridized carbons (Fsp3) is 0.316. The molecular weight excluding hydrogens is 402 g/mol. The molecule has 0 aliphatic heterocycles. The van der Waals surface area contributed by atoms with Crippen LogP contribution in [-0.2, 0) is 14.8 Å². The number of rotatable bonds is 7. The van der Waals surface area contributed by atoms with Crippen molar-refractivity contribution in [2.45, 2.75) is 18.7 Å². The number of nitrogens with one attached hydrogen (secondary N) is 2. The van der Waals surface area contributed by atoms with Crippen LogP contribution in [0.25, 0.3) is 0 Å². The molecule has 2 aromatic rings. The van der Waals surface area contributed by atoms with Crippen LogP contribution in [0.5, 0.6) is 5.75 Å². The third kappa shape index (κ3) is 4.95. The Kier molecular flexibility index (Phi) is 6.92. The number of carbonyl (C=O) groups excluding carboxylic acids is 1. The molecule has 0 saturated heterocycles. The van der Waals surface area contributed by atoms with Crippen molar-refractivity contribution in [1.29, 1.82) is 0 Å². The lowest BCUT2D eigenvalue weighted by Gasteiger charge is -2.17. The Morgan fingerprint density at radius 3 is 2.43 bits per heavy atom. The summed E-state index contributed by atoms with van der Waals surface area (Å²) in [5.41, 5.74) is 2.81. The van der Waals surface area contributed by atoms with Crippen LogP contribution >= 0.6 is 11.6 Å². The predicted octanol–water partition coefficient (Wildman–Crippen LogP) is 3.27. The fourth-order valence-electron chi connectivity index (χ4n) is 2.49. The minimum absolute atomic E-state index is 0.0323. The smallest absolute Gasteiger partial charge is 0.243 e. The van der Waals surface area contributed by atoms with Crippen molar-refractivity contribution in [2.75, 3.05) is 38.4 Å². The number of halogens is 1. The molecule has 0 spiro atoms. The van der Waals surface area contributed by atoms with Crippen LogP contribution in [0.1, 0.15) is 11.1 Å². The molecule has 1 amide bonds. The zero-order chi connectivity index (χ0) is 21.1. The Labute approximate surface area is 170 Å². The maximum atomic E-state index is 12.4. The summed E-state index contributed by atoms with van der Waals surface area (Å²) in [5.74, 6) is 0.224. The number of anilines is 2. The zero-order valence-corrected chi connectivity index (χ0v) is 18.0. The minimum Gasteiger partial charge on any atom is -0.495 e. The molecule has 0 radical (unpaired) electrons. The molecule has 7 nitrogen and oxygen atoms in total. The Hall–Kier alpha value is -2.29. The van der Waals surface area contributed by atoms with Gasteiger partial charge in [0.1, 0.15) is 5.75 Å².